The van der Waals surface area contributed by atoms with Crippen molar-refractivity contribution >= 4 is 28.8 Å². The van der Waals surface area contributed by atoms with Gasteiger partial charge in [-0.1, -0.05) is 24.3 Å². The van der Waals surface area contributed by atoms with Crippen molar-refractivity contribution in [2.24, 2.45) is 0 Å². The largest absolute Gasteiger partial charge is 0.328 e. The van der Waals surface area contributed by atoms with Gasteiger partial charge in [0.1, 0.15) is 5.65 Å². The Bertz CT molecular complexity index is 691. The highest BCUT2D eigenvalue weighted by atomic mass is 35.5. The standard InChI is InChI=1S/C15H14ClN3/c1-18(12-7-3-2-4-8-12)15-13(11-16)19-10-6-5-9-14(19)17-15/h2-10H,11H2,1H3. The molecule has 0 amide bonds. The van der Waals surface area contributed by atoms with Crippen molar-refractivity contribution in [1.29, 1.82) is 0 Å². The van der Waals surface area contributed by atoms with Crippen molar-refractivity contribution in [2.45, 2.75) is 5.88 Å². The van der Waals surface area contributed by atoms with Crippen LogP contribution in [0.2, 0.25) is 0 Å². The first-order chi connectivity index (χ1) is 9.31. The van der Waals surface area contributed by atoms with E-state index in [1.165, 1.54) is 0 Å². The minimum atomic E-state index is 0.428. The number of nitrogens with zero attached hydrogens (tertiary/aromatic N) is 3. The molecule has 96 valence electrons. The van der Waals surface area contributed by atoms with E-state index in [0.29, 0.717) is 5.88 Å². The third kappa shape index (κ3) is 2.06. The molecule has 0 radical (unpaired) electrons. The van der Waals surface area contributed by atoms with Crippen molar-refractivity contribution in [3.8, 4) is 0 Å². The fourth-order valence-corrected chi connectivity index (χ4v) is 2.45. The Hall–Kier alpha value is -2.00. The van der Waals surface area contributed by atoms with Crippen molar-refractivity contribution in [3.63, 3.8) is 0 Å². The Kier molecular flexibility index (Phi) is 3.13. The Morgan fingerprint density at radius 1 is 1.11 bits per heavy atom. The Balaban J connectivity index is 2.14. The van der Waals surface area contributed by atoms with E-state index in [0.717, 1.165) is 22.8 Å². The van der Waals surface area contributed by atoms with Crippen molar-refractivity contribution in [3.05, 3.63) is 60.4 Å². The van der Waals surface area contributed by atoms with Gasteiger partial charge in [-0.2, -0.15) is 0 Å². The Morgan fingerprint density at radius 3 is 2.58 bits per heavy atom. The highest BCUT2D eigenvalue weighted by molar-refractivity contribution is 6.17. The first-order valence-corrected chi connectivity index (χ1v) is 6.65. The van der Waals surface area contributed by atoms with Crippen LogP contribution in [0, 0.1) is 0 Å². The number of rotatable bonds is 3. The van der Waals surface area contributed by atoms with E-state index in [2.05, 4.69) is 22.0 Å². The number of para-hydroxylation sites is 1. The summed E-state index contributed by atoms with van der Waals surface area (Å²) < 4.78 is 2.03. The number of fused-ring (bicyclic) bond motifs is 1. The molecule has 0 fully saturated rings. The van der Waals surface area contributed by atoms with Gasteiger partial charge in [0, 0.05) is 18.9 Å². The van der Waals surface area contributed by atoms with Crippen LogP contribution in [-0.2, 0) is 5.88 Å². The normalized spacial score (nSPS) is 10.8. The van der Waals surface area contributed by atoms with Crippen LogP contribution in [0.1, 0.15) is 5.69 Å². The predicted molar refractivity (Wildman–Crippen MR) is 79.3 cm³/mol. The molecule has 4 heteroatoms. The summed E-state index contributed by atoms with van der Waals surface area (Å²) >= 11 is 6.10. The molecule has 0 bridgehead atoms. The molecule has 19 heavy (non-hydrogen) atoms. The number of benzene rings is 1. The maximum absolute atomic E-state index is 6.10. The molecule has 0 aliphatic rings. The number of halogens is 1. The number of alkyl halides is 1. The van der Waals surface area contributed by atoms with Crippen LogP contribution < -0.4 is 4.90 Å². The molecule has 0 unspecified atom stereocenters. The molecule has 0 aliphatic carbocycles. The molecule has 2 heterocycles. The maximum Gasteiger partial charge on any atom is 0.156 e. The Morgan fingerprint density at radius 2 is 1.84 bits per heavy atom. The summed E-state index contributed by atoms with van der Waals surface area (Å²) in [6.07, 6.45) is 1.99. The molecule has 0 saturated heterocycles. The quantitative estimate of drug-likeness (QED) is 0.675. The highest BCUT2D eigenvalue weighted by Gasteiger charge is 2.15. The summed E-state index contributed by atoms with van der Waals surface area (Å²) in [6, 6.07) is 16.1. The summed E-state index contributed by atoms with van der Waals surface area (Å²) in [5, 5.41) is 0. The predicted octanol–water partition coefficient (Wildman–Crippen LogP) is 3.84. The molecule has 3 nitrogen and oxygen atoms in total. The molecule has 3 aromatic rings. The van der Waals surface area contributed by atoms with Gasteiger partial charge in [0.25, 0.3) is 0 Å². The molecule has 0 saturated carbocycles. The summed E-state index contributed by atoms with van der Waals surface area (Å²) in [5.74, 6) is 1.32. The topological polar surface area (TPSA) is 20.5 Å². The molecule has 2 aromatic heterocycles. The fourth-order valence-electron chi connectivity index (χ4n) is 2.20. The van der Waals surface area contributed by atoms with E-state index in [1.807, 2.05) is 54.0 Å². The van der Waals surface area contributed by atoms with Crippen LogP contribution >= 0.6 is 11.6 Å². The van der Waals surface area contributed by atoms with Crippen LogP contribution in [-0.4, -0.2) is 16.4 Å². The van der Waals surface area contributed by atoms with Gasteiger partial charge in [0.2, 0.25) is 0 Å². The number of imidazole rings is 1. The first-order valence-electron chi connectivity index (χ1n) is 6.12. The lowest BCUT2D eigenvalue weighted by Crippen LogP contribution is -2.11. The lowest BCUT2D eigenvalue weighted by Gasteiger charge is -2.17. The Labute approximate surface area is 117 Å². The van der Waals surface area contributed by atoms with Gasteiger partial charge < -0.3 is 9.30 Å². The van der Waals surface area contributed by atoms with Gasteiger partial charge >= 0.3 is 0 Å². The van der Waals surface area contributed by atoms with Gasteiger partial charge in [-0.3, -0.25) is 0 Å². The van der Waals surface area contributed by atoms with E-state index in [9.17, 15) is 0 Å². The number of pyridine rings is 1. The van der Waals surface area contributed by atoms with E-state index >= 15 is 0 Å². The van der Waals surface area contributed by atoms with Crippen LogP contribution in [0.15, 0.2) is 54.7 Å². The zero-order chi connectivity index (χ0) is 13.2. The SMILES string of the molecule is CN(c1ccccc1)c1nc2ccccn2c1CCl. The van der Waals surface area contributed by atoms with Crippen LogP contribution in [0.4, 0.5) is 11.5 Å². The van der Waals surface area contributed by atoms with E-state index < -0.39 is 0 Å². The third-order valence-electron chi connectivity index (χ3n) is 3.20. The van der Waals surface area contributed by atoms with E-state index in [4.69, 9.17) is 11.6 Å². The lowest BCUT2D eigenvalue weighted by molar-refractivity contribution is 1.07. The smallest absolute Gasteiger partial charge is 0.156 e. The second kappa shape index (κ2) is 4.94. The van der Waals surface area contributed by atoms with Crippen LogP contribution in [0.25, 0.3) is 5.65 Å². The second-order valence-corrected chi connectivity index (χ2v) is 4.61. The van der Waals surface area contributed by atoms with Gasteiger partial charge in [-0.05, 0) is 24.3 Å². The van der Waals surface area contributed by atoms with Gasteiger partial charge in [-0.25, -0.2) is 4.98 Å². The number of hydrogen-bond acceptors (Lipinski definition) is 2. The van der Waals surface area contributed by atoms with Gasteiger partial charge in [0.05, 0.1) is 11.6 Å². The number of aromatic nitrogens is 2. The molecular formula is C15H14ClN3. The average molecular weight is 272 g/mol. The number of anilines is 2. The minimum Gasteiger partial charge on any atom is -0.328 e. The zero-order valence-electron chi connectivity index (χ0n) is 10.6. The molecule has 0 spiro atoms. The van der Waals surface area contributed by atoms with Crippen molar-refractivity contribution in [1.82, 2.24) is 9.38 Å². The lowest BCUT2D eigenvalue weighted by atomic mass is 10.3. The highest BCUT2D eigenvalue weighted by Crippen LogP contribution is 2.28. The molecule has 0 aliphatic heterocycles. The fraction of sp³-hybridized carbons (Fsp3) is 0.133. The molecule has 1 aromatic carbocycles. The second-order valence-electron chi connectivity index (χ2n) is 4.34. The summed E-state index contributed by atoms with van der Waals surface area (Å²) in [4.78, 5) is 6.72. The average Bonchev–Trinajstić information content (AvgIpc) is 2.85. The molecule has 3 rings (SSSR count). The monoisotopic (exact) mass is 271 g/mol. The molecule has 0 atom stereocenters. The van der Waals surface area contributed by atoms with E-state index in [1.54, 1.807) is 0 Å². The zero-order valence-corrected chi connectivity index (χ0v) is 11.4. The summed E-state index contributed by atoms with van der Waals surface area (Å²) in [5.41, 5.74) is 3.01. The summed E-state index contributed by atoms with van der Waals surface area (Å²) in [7, 11) is 2.01. The van der Waals surface area contributed by atoms with Crippen LogP contribution in [0.5, 0.6) is 0 Å². The first kappa shape index (κ1) is 12.1. The minimum absolute atomic E-state index is 0.428. The van der Waals surface area contributed by atoms with Crippen LogP contribution in [0.3, 0.4) is 0 Å². The maximum atomic E-state index is 6.10. The van der Waals surface area contributed by atoms with Gasteiger partial charge in [-0.15, -0.1) is 11.6 Å². The molecular weight excluding hydrogens is 258 g/mol. The third-order valence-corrected chi connectivity index (χ3v) is 3.45. The summed E-state index contributed by atoms with van der Waals surface area (Å²) in [6.45, 7) is 0. The van der Waals surface area contributed by atoms with Crippen molar-refractivity contribution < 1.29 is 0 Å². The molecule has 0 N–H and O–H groups in total. The van der Waals surface area contributed by atoms with Crippen molar-refractivity contribution in [2.75, 3.05) is 11.9 Å². The number of hydrogen-bond donors (Lipinski definition) is 0. The van der Waals surface area contributed by atoms with Gasteiger partial charge in [0.15, 0.2) is 5.82 Å². The van der Waals surface area contributed by atoms with E-state index in [-0.39, 0.29) is 0 Å².